The molecule has 4 N–H and O–H groups in total. The van der Waals surface area contributed by atoms with Gasteiger partial charge in [-0.2, -0.15) is 0 Å². The van der Waals surface area contributed by atoms with Crippen molar-refractivity contribution in [2.45, 2.75) is 25.0 Å². The second kappa shape index (κ2) is 8.12. The van der Waals surface area contributed by atoms with E-state index in [0.29, 0.717) is 5.75 Å². The van der Waals surface area contributed by atoms with Gasteiger partial charge >= 0.3 is 11.9 Å². The number of carboxylic acids is 2. The summed E-state index contributed by atoms with van der Waals surface area (Å²) in [5, 5.41) is 17.9. The Morgan fingerprint density at radius 3 is 2.04 bits per heavy atom. The van der Waals surface area contributed by atoms with E-state index >= 15 is 0 Å². The van der Waals surface area contributed by atoms with Gasteiger partial charge in [0.1, 0.15) is 11.8 Å². The van der Waals surface area contributed by atoms with E-state index < -0.39 is 24.1 Å². The summed E-state index contributed by atoms with van der Waals surface area (Å²) in [6.45, 7) is 0. The molecule has 1 unspecified atom stereocenters. The lowest BCUT2D eigenvalue weighted by Gasteiger charge is -2.17. The van der Waals surface area contributed by atoms with E-state index in [1.165, 1.54) is 5.56 Å². The Labute approximate surface area is 139 Å². The van der Waals surface area contributed by atoms with Gasteiger partial charge in [-0.25, -0.2) is 4.79 Å². The molecule has 0 aliphatic carbocycles. The number of ether oxygens (including phenoxy) is 1. The number of hydrogen-bond donors (Lipinski definition) is 3. The minimum atomic E-state index is -1.31. The number of rotatable bonds is 8. The highest BCUT2D eigenvalue weighted by Gasteiger charge is 2.26. The molecule has 6 nitrogen and oxygen atoms in total. The Balaban J connectivity index is 2.01. The zero-order chi connectivity index (χ0) is 17.5. The molecule has 0 radical (unpaired) electrons. The SMILES string of the molecule is N[C@@H](CC(Oc1ccc(Cc2ccccc2)cc1)C(=O)O)C(=O)O. The summed E-state index contributed by atoms with van der Waals surface area (Å²) in [6.07, 6.45) is -0.861. The minimum Gasteiger partial charge on any atom is -0.480 e. The molecule has 0 saturated heterocycles. The Morgan fingerprint density at radius 1 is 0.917 bits per heavy atom. The smallest absolute Gasteiger partial charge is 0.344 e. The van der Waals surface area contributed by atoms with Crippen molar-refractivity contribution < 1.29 is 24.5 Å². The topological polar surface area (TPSA) is 110 Å². The fourth-order valence-electron chi connectivity index (χ4n) is 2.21. The summed E-state index contributed by atoms with van der Waals surface area (Å²) in [6, 6.07) is 15.7. The van der Waals surface area contributed by atoms with Crippen LogP contribution in [0.5, 0.6) is 5.75 Å². The highest BCUT2D eigenvalue weighted by atomic mass is 16.5. The first kappa shape index (κ1) is 17.5. The quantitative estimate of drug-likeness (QED) is 0.682. The molecule has 126 valence electrons. The van der Waals surface area contributed by atoms with Gasteiger partial charge in [0.2, 0.25) is 0 Å². The fraction of sp³-hybridized carbons (Fsp3) is 0.222. The van der Waals surface area contributed by atoms with Crippen molar-refractivity contribution in [1.82, 2.24) is 0 Å². The number of aliphatic carboxylic acids is 2. The van der Waals surface area contributed by atoms with Crippen molar-refractivity contribution >= 4 is 11.9 Å². The van der Waals surface area contributed by atoms with Crippen LogP contribution < -0.4 is 10.5 Å². The highest BCUT2D eigenvalue weighted by molar-refractivity contribution is 5.77. The Hall–Kier alpha value is -2.86. The molecule has 0 aromatic heterocycles. The number of carbonyl (C=O) groups is 2. The summed E-state index contributed by atoms with van der Waals surface area (Å²) in [4.78, 5) is 22.0. The first-order chi connectivity index (χ1) is 11.5. The van der Waals surface area contributed by atoms with Crippen molar-refractivity contribution in [2.24, 2.45) is 5.73 Å². The summed E-state index contributed by atoms with van der Waals surface area (Å²) in [5.74, 6) is -2.15. The molecule has 2 aromatic carbocycles. The van der Waals surface area contributed by atoms with Crippen LogP contribution in [0.2, 0.25) is 0 Å². The number of carboxylic acid groups (broad SMARTS) is 2. The minimum absolute atomic E-state index is 0.309. The zero-order valence-electron chi connectivity index (χ0n) is 13.0. The van der Waals surface area contributed by atoms with Crippen LogP contribution in [-0.2, 0) is 16.0 Å². The number of hydrogen-bond acceptors (Lipinski definition) is 4. The molecule has 0 bridgehead atoms. The molecule has 0 saturated carbocycles. The predicted molar refractivity (Wildman–Crippen MR) is 88.0 cm³/mol. The molecule has 0 aliphatic rings. The lowest BCUT2D eigenvalue weighted by molar-refractivity contribution is -0.146. The summed E-state index contributed by atoms with van der Waals surface area (Å²) < 4.78 is 5.36. The van der Waals surface area contributed by atoms with Crippen LogP contribution in [0, 0.1) is 0 Å². The van der Waals surface area contributed by atoms with Gasteiger partial charge in [-0.05, 0) is 29.7 Å². The van der Waals surface area contributed by atoms with Crippen molar-refractivity contribution in [1.29, 1.82) is 0 Å². The molecule has 6 heteroatoms. The average molecular weight is 329 g/mol. The van der Waals surface area contributed by atoms with Crippen molar-refractivity contribution in [3.8, 4) is 5.75 Å². The Kier molecular flexibility index (Phi) is 5.92. The second-order valence-corrected chi connectivity index (χ2v) is 5.43. The van der Waals surface area contributed by atoms with Crippen LogP contribution in [0.25, 0.3) is 0 Å². The van der Waals surface area contributed by atoms with Crippen LogP contribution in [0.4, 0.5) is 0 Å². The molecule has 2 aromatic rings. The largest absolute Gasteiger partial charge is 0.480 e. The van der Waals surface area contributed by atoms with Crippen molar-refractivity contribution in [3.05, 3.63) is 65.7 Å². The highest BCUT2D eigenvalue weighted by Crippen LogP contribution is 2.18. The Morgan fingerprint density at radius 2 is 1.50 bits per heavy atom. The van der Waals surface area contributed by atoms with E-state index in [-0.39, 0.29) is 6.42 Å². The van der Waals surface area contributed by atoms with Gasteiger partial charge in [0.05, 0.1) is 0 Å². The van der Waals surface area contributed by atoms with Crippen LogP contribution in [0.3, 0.4) is 0 Å². The van der Waals surface area contributed by atoms with E-state index in [1.807, 2.05) is 42.5 Å². The van der Waals surface area contributed by atoms with Gasteiger partial charge < -0.3 is 20.7 Å². The first-order valence-corrected chi connectivity index (χ1v) is 7.46. The molecule has 2 rings (SSSR count). The van der Waals surface area contributed by atoms with Gasteiger partial charge in [-0.15, -0.1) is 0 Å². The lowest BCUT2D eigenvalue weighted by atomic mass is 10.1. The monoisotopic (exact) mass is 329 g/mol. The maximum absolute atomic E-state index is 11.2. The third-order valence-electron chi connectivity index (χ3n) is 3.51. The fourth-order valence-corrected chi connectivity index (χ4v) is 2.21. The second-order valence-electron chi connectivity index (χ2n) is 5.43. The molecule has 0 amide bonds. The maximum Gasteiger partial charge on any atom is 0.344 e. The molecule has 0 heterocycles. The summed E-state index contributed by atoms with van der Waals surface area (Å²) >= 11 is 0. The van der Waals surface area contributed by atoms with Gasteiger partial charge in [0, 0.05) is 6.42 Å². The first-order valence-electron chi connectivity index (χ1n) is 7.46. The molecular weight excluding hydrogens is 310 g/mol. The van der Waals surface area contributed by atoms with Gasteiger partial charge in [-0.1, -0.05) is 42.5 Å². The van der Waals surface area contributed by atoms with Crippen LogP contribution in [0.1, 0.15) is 17.5 Å². The van der Waals surface area contributed by atoms with Gasteiger partial charge in [0.15, 0.2) is 6.10 Å². The van der Waals surface area contributed by atoms with Crippen molar-refractivity contribution in [3.63, 3.8) is 0 Å². The van der Waals surface area contributed by atoms with Crippen molar-refractivity contribution in [2.75, 3.05) is 0 Å². The zero-order valence-corrected chi connectivity index (χ0v) is 13.0. The lowest BCUT2D eigenvalue weighted by Crippen LogP contribution is -2.39. The van der Waals surface area contributed by atoms with Gasteiger partial charge in [0.25, 0.3) is 0 Å². The molecule has 0 fully saturated rings. The normalized spacial score (nSPS) is 13.0. The average Bonchev–Trinajstić information content (AvgIpc) is 2.56. The Bertz CT molecular complexity index is 684. The summed E-state index contributed by atoms with van der Waals surface area (Å²) in [5.41, 5.74) is 7.60. The molecular formula is C18H19NO5. The van der Waals surface area contributed by atoms with E-state index in [1.54, 1.807) is 12.1 Å². The van der Waals surface area contributed by atoms with E-state index in [4.69, 9.17) is 20.7 Å². The predicted octanol–water partition coefficient (Wildman–Crippen LogP) is 1.91. The summed E-state index contributed by atoms with van der Waals surface area (Å²) in [7, 11) is 0. The van der Waals surface area contributed by atoms with E-state index in [2.05, 4.69) is 0 Å². The third kappa shape index (κ3) is 5.10. The van der Waals surface area contributed by atoms with Crippen LogP contribution >= 0.6 is 0 Å². The number of benzene rings is 2. The molecule has 0 spiro atoms. The van der Waals surface area contributed by atoms with Gasteiger partial charge in [-0.3, -0.25) is 4.79 Å². The molecule has 24 heavy (non-hydrogen) atoms. The van der Waals surface area contributed by atoms with Crippen LogP contribution in [0.15, 0.2) is 54.6 Å². The maximum atomic E-state index is 11.2. The number of nitrogens with two attached hydrogens (primary N) is 1. The van der Waals surface area contributed by atoms with E-state index in [9.17, 15) is 9.59 Å². The standard InChI is InChI=1S/C18H19NO5/c19-15(17(20)21)11-16(18(22)23)24-14-8-6-13(7-9-14)10-12-4-2-1-3-5-12/h1-9,15-16H,10-11,19H2,(H,20,21)(H,22,23)/t15-,16?/m0/s1. The third-order valence-corrected chi connectivity index (χ3v) is 3.51. The molecule has 0 aliphatic heterocycles. The molecule has 2 atom stereocenters. The van der Waals surface area contributed by atoms with E-state index in [0.717, 1.165) is 12.0 Å². The van der Waals surface area contributed by atoms with Crippen LogP contribution in [-0.4, -0.2) is 34.3 Å².